The van der Waals surface area contributed by atoms with Crippen molar-refractivity contribution < 1.29 is 19.5 Å². The van der Waals surface area contributed by atoms with Crippen molar-refractivity contribution in [3.63, 3.8) is 0 Å². The number of amides is 1. The maximum atomic E-state index is 12.2. The standard InChI is InChI=1S/C19H15N3O4/c1-12(23)13-4-2-6-16(8-13)21-11-15(10-20)18(24)22-17-7-3-5-14(9-17)19(25)26/h2-9,11,21H,1H3,(H,22,24)(H,25,26)/b15-11-. The lowest BCUT2D eigenvalue weighted by molar-refractivity contribution is -0.112. The van der Waals surface area contributed by atoms with E-state index >= 15 is 0 Å². The molecule has 0 unspecified atom stereocenters. The predicted molar refractivity (Wildman–Crippen MR) is 95.8 cm³/mol. The molecule has 3 N–H and O–H groups in total. The van der Waals surface area contributed by atoms with Crippen LogP contribution in [0.15, 0.2) is 60.3 Å². The van der Waals surface area contributed by atoms with Crippen LogP contribution < -0.4 is 10.6 Å². The number of ketones is 1. The molecule has 0 spiro atoms. The number of nitriles is 1. The summed E-state index contributed by atoms with van der Waals surface area (Å²) in [5, 5.41) is 23.4. The number of aromatic carboxylic acids is 1. The van der Waals surface area contributed by atoms with Gasteiger partial charge in [-0.2, -0.15) is 5.26 Å². The van der Waals surface area contributed by atoms with E-state index in [1.807, 2.05) is 0 Å². The quantitative estimate of drug-likeness (QED) is 0.419. The molecular weight excluding hydrogens is 334 g/mol. The summed E-state index contributed by atoms with van der Waals surface area (Å²) < 4.78 is 0. The highest BCUT2D eigenvalue weighted by atomic mass is 16.4. The lowest BCUT2D eigenvalue weighted by Gasteiger charge is -2.06. The van der Waals surface area contributed by atoms with Gasteiger partial charge in [-0.05, 0) is 37.3 Å². The molecule has 0 saturated carbocycles. The number of carboxylic acids is 1. The van der Waals surface area contributed by atoms with Crippen molar-refractivity contribution in [3.8, 4) is 6.07 Å². The normalized spacial score (nSPS) is 10.5. The van der Waals surface area contributed by atoms with Gasteiger partial charge in [-0.15, -0.1) is 0 Å². The monoisotopic (exact) mass is 349 g/mol. The number of carbonyl (C=O) groups is 3. The summed E-state index contributed by atoms with van der Waals surface area (Å²) in [5.41, 5.74) is 1.11. The topological polar surface area (TPSA) is 119 Å². The zero-order chi connectivity index (χ0) is 19.1. The van der Waals surface area contributed by atoms with E-state index in [4.69, 9.17) is 5.11 Å². The Kier molecular flexibility index (Phi) is 5.85. The third-order valence-corrected chi connectivity index (χ3v) is 3.38. The van der Waals surface area contributed by atoms with Crippen LogP contribution in [-0.4, -0.2) is 22.8 Å². The van der Waals surface area contributed by atoms with Crippen LogP contribution in [0, 0.1) is 11.3 Å². The third-order valence-electron chi connectivity index (χ3n) is 3.38. The first kappa shape index (κ1) is 18.4. The van der Waals surface area contributed by atoms with Gasteiger partial charge >= 0.3 is 5.97 Å². The molecule has 2 rings (SSSR count). The molecule has 1 amide bonds. The molecule has 0 aliphatic rings. The summed E-state index contributed by atoms with van der Waals surface area (Å²) in [6.07, 6.45) is 1.22. The van der Waals surface area contributed by atoms with Gasteiger partial charge in [0.2, 0.25) is 0 Å². The van der Waals surface area contributed by atoms with Gasteiger partial charge in [0, 0.05) is 23.1 Å². The minimum absolute atomic E-state index is 0.0180. The van der Waals surface area contributed by atoms with E-state index in [1.54, 1.807) is 30.3 Å². The fraction of sp³-hybridized carbons (Fsp3) is 0.0526. The largest absolute Gasteiger partial charge is 0.478 e. The molecule has 0 atom stereocenters. The van der Waals surface area contributed by atoms with Crippen LogP contribution >= 0.6 is 0 Å². The molecule has 2 aromatic carbocycles. The van der Waals surface area contributed by atoms with E-state index in [1.165, 1.54) is 37.4 Å². The van der Waals surface area contributed by atoms with E-state index in [-0.39, 0.29) is 22.6 Å². The highest BCUT2D eigenvalue weighted by Crippen LogP contribution is 2.14. The highest BCUT2D eigenvalue weighted by Gasteiger charge is 2.11. The van der Waals surface area contributed by atoms with Crippen molar-refractivity contribution in [2.45, 2.75) is 6.92 Å². The van der Waals surface area contributed by atoms with Gasteiger partial charge in [0.15, 0.2) is 5.78 Å². The number of hydrogen-bond acceptors (Lipinski definition) is 5. The van der Waals surface area contributed by atoms with E-state index in [2.05, 4.69) is 10.6 Å². The summed E-state index contributed by atoms with van der Waals surface area (Å²) in [7, 11) is 0. The number of benzene rings is 2. The predicted octanol–water partition coefficient (Wildman–Crippen LogP) is 3.05. The first-order valence-corrected chi connectivity index (χ1v) is 7.53. The molecule has 130 valence electrons. The summed E-state index contributed by atoms with van der Waals surface area (Å²) in [6.45, 7) is 1.44. The molecule has 7 heteroatoms. The molecule has 7 nitrogen and oxygen atoms in total. The van der Waals surface area contributed by atoms with Gasteiger partial charge < -0.3 is 15.7 Å². The molecule has 0 fully saturated rings. The lowest BCUT2D eigenvalue weighted by Crippen LogP contribution is -2.15. The van der Waals surface area contributed by atoms with Crippen LogP contribution in [0.3, 0.4) is 0 Å². The summed E-state index contributed by atoms with van der Waals surface area (Å²) >= 11 is 0. The van der Waals surface area contributed by atoms with Crippen molar-refractivity contribution in [1.82, 2.24) is 0 Å². The zero-order valence-corrected chi connectivity index (χ0v) is 13.8. The van der Waals surface area contributed by atoms with Crippen molar-refractivity contribution in [1.29, 1.82) is 5.26 Å². The van der Waals surface area contributed by atoms with Gasteiger partial charge in [0.05, 0.1) is 5.56 Å². The number of carbonyl (C=O) groups excluding carboxylic acids is 2. The average Bonchev–Trinajstić information content (AvgIpc) is 2.62. The number of hydrogen-bond donors (Lipinski definition) is 3. The lowest BCUT2D eigenvalue weighted by atomic mass is 10.1. The van der Waals surface area contributed by atoms with E-state index in [0.717, 1.165) is 0 Å². The maximum Gasteiger partial charge on any atom is 0.335 e. The first-order chi connectivity index (χ1) is 12.4. The Hall–Kier alpha value is -3.92. The SMILES string of the molecule is CC(=O)c1cccc(N/C=C(/C#N)C(=O)Nc2cccc(C(=O)O)c2)c1. The molecule has 0 aliphatic carbocycles. The maximum absolute atomic E-state index is 12.2. The van der Waals surface area contributed by atoms with E-state index in [9.17, 15) is 19.6 Å². The first-order valence-electron chi connectivity index (χ1n) is 7.53. The Morgan fingerprint density at radius 2 is 1.65 bits per heavy atom. The third kappa shape index (κ3) is 4.79. The van der Waals surface area contributed by atoms with Crippen molar-refractivity contribution in [3.05, 3.63) is 71.4 Å². The highest BCUT2D eigenvalue weighted by molar-refractivity contribution is 6.07. The molecular formula is C19H15N3O4. The summed E-state index contributed by atoms with van der Waals surface area (Å²) in [4.78, 5) is 34.5. The Bertz CT molecular complexity index is 942. The molecule has 0 aromatic heterocycles. The summed E-state index contributed by atoms with van der Waals surface area (Å²) in [6, 6.07) is 14.1. The number of nitrogens with zero attached hydrogens (tertiary/aromatic N) is 1. The molecule has 26 heavy (non-hydrogen) atoms. The van der Waals surface area contributed by atoms with Crippen LogP contribution in [0.5, 0.6) is 0 Å². The van der Waals surface area contributed by atoms with Crippen LogP contribution in [0.1, 0.15) is 27.6 Å². The zero-order valence-electron chi connectivity index (χ0n) is 13.8. The Balaban J connectivity index is 2.13. The Morgan fingerprint density at radius 1 is 1.04 bits per heavy atom. The molecule has 0 heterocycles. The second-order valence-electron chi connectivity index (χ2n) is 5.29. The van der Waals surface area contributed by atoms with Crippen LogP contribution in [-0.2, 0) is 4.79 Å². The molecule has 0 bridgehead atoms. The van der Waals surface area contributed by atoms with E-state index < -0.39 is 11.9 Å². The number of carboxylic acid groups (broad SMARTS) is 1. The molecule has 2 aromatic rings. The minimum Gasteiger partial charge on any atom is -0.478 e. The van der Waals surface area contributed by atoms with Gasteiger partial charge in [-0.1, -0.05) is 18.2 Å². The number of rotatable bonds is 6. The number of Topliss-reactive ketones (excluding diaryl/α,β-unsaturated/α-hetero) is 1. The molecule has 0 saturated heterocycles. The second kappa shape index (κ2) is 8.26. The van der Waals surface area contributed by atoms with Gasteiger partial charge in [-0.3, -0.25) is 9.59 Å². The van der Waals surface area contributed by atoms with Gasteiger partial charge in [0.1, 0.15) is 11.6 Å². The van der Waals surface area contributed by atoms with Crippen LogP contribution in [0.4, 0.5) is 11.4 Å². The second-order valence-corrected chi connectivity index (χ2v) is 5.29. The summed E-state index contributed by atoms with van der Waals surface area (Å²) in [5.74, 6) is -1.91. The Morgan fingerprint density at radius 3 is 2.27 bits per heavy atom. The van der Waals surface area contributed by atoms with Crippen molar-refractivity contribution >= 4 is 29.0 Å². The van der Waals surface area contributed by atoms with Crippen LogP contribution in [0.25, 0.3) is 0 Å². The fourth-order valence-electron chi connectivity index (χ4n) is 2.06. The fourth-order valence-corrected chi connectivity index (χ4v) is 2.06. The smallest absolute Gasteiger partial charge is 0.335 e. The molecule has 0 aliphatic heterocycles. The number of nitrogens with one attached hydrogen (secondary N) is 2. The van der Waals surface area contributed by atoms with E-state index in [0.29, 0.717) is 11.3 Å². The van der Waals surface area contributed by atoms with Crippen molar-refractivity contribution in [2.75, 3.05) is 10.6 Å². The van der Waals surface area contributed by atoms with Crippen molar-refractivity contribution in [2.24, 2.45) is 0 Å². The van der Waals surface area contributed by atoms with Gasteiger partial charge in [-0.25, -0.2) is 4.79 Å². The number of anilines is 2. The average molecular weight is 349 g/mol. The van der Waals surface area contributed by atoms with Crippen LogP contribution in [0.2, 0.25) is 0 Å². The Labute approximate surface area is 149 Å². The molecule has 0 radical (unpaired) electrons. The van der Waals surface area contributed by atoms with Gasteiger partial charge in [0.25, 0.3) is 5.91 Å². The minimum atomic E-state index is -1.12.